The number of hydrogen-bond acceptors (Lipinski definition) is 3. The van der Waals surface area contributed by atoms with E-state index in [0.29, 0.717) is 0 Å². The fourth-order valence-electron chi connectivity index (χ4n) is 0.486. The van der Waals surface area contributed by atoms with Gasteiger partial charge in [0.1, 0.15) is 0 Å². The molecule has 4 nitrogen and oxygen atoms in total. The molecule has 0 saturated carbocycles. The van der Waals surface area contributed by atoms with Crippen molar-refractivity contribution in [3.8, 4) is 5.75 Å². The van der Waals surface area contributed by atoms with Crippen molar-refractivity contribution in [3.63, 3.8) is 0 Å². The summed E-state index contributed by atoms with van der Waals surface area (Å²) in [5.74, 6) is -0.419. The molecule has 0 radical (unpaired) electrons. The Morgan fingerprint density at radius 3 is 2.78 bits per heavy atom. The molecule has 1 aromatic rings. The van der Waals surface area contributed by atoms with Gasteiger partial charge in [0.2, 0.25) is 5.75 Å². The van der Waals surface area contributed by atoms with Crippen molar-refractivity contribution in [3.05, 3.63) is 22.6 Å². The van der Waals surface area contributed by atoms with Crippen molar-refractivity contribution in [2.75, 3.05) is 5.73 Å². The van der Waals surface area contributed by atoms with Gasteiger partial charge in [-0.1, -0.05) is 0 Å². The number of nitrogen functional groups attached to an aromatic ring is 1. The van der Waals surface area contributed by atoms with Crippen LogP contribution < -0.4 is 11.3 Å². The largest absolute Gasteiger partial charge is 0.502 e. The average Bonchev–Trinajstić information content (AvgIpc) is 1.83. The topological polar surface area (TPSA) is 79.1 Å². The summed E-state index contributed by atoms with van der Waals surface area (Å²) in [5, 5.41) is 8.74. The van der Waals surface area contributed by atoms with Gasteiger partial charge in [0, 0.05) is 6.20 Å². The highest BCUT2D eigenvalue weighted by Crippen LogP contribution is 2.09. The second-order valence-corrected chi connectivity index (χ2v) is 1.61. The van der Waals surface area contributed by atoms with Gasteiger partial charge >= 0.3 is 0 Å². The molecule has 1 rings (SSSR count). The van der Waals surface area contributed by atoms with Crippen molar-refractivity contribution in [2.45, 2.75) is 0 Å². The lowest BCUT2D eigenvalue weighted by Gasteiger charge is -1.92. The highest BCUT2D eigenvalue weighted by molar-refractivity contribution is 5.48. The van der Waals surface area contributed by atoms with Crippen LogP contribution in [0.5, 0.6) is 5.75 Å². The molecule has 0 aliphatic heterocycles. The van der Waals surface area contributed by atoms with Gasteiger partial charge in [0.25, 0.3) is 5.56 Å². The monoisotopic (exact) mass is 126 g/mol. The molecule has 1 heterocycles. The number of pyridine rings is 1. The smallest absolute Gasteiger partial charge is 0.292 e. The molecule has 1 aromatic heterocycles. The average molecular weight is 126 g/mol. The van der Waals surface area contributed by atoms with Crippen LogP contribution in [-0.2, 0) is 0 Å². The third-order valence-corrected chi connectivity index (χ3v) is 0.966. The van der Waals surface area contributed by atoms with Crippen LogP contribution in [0.25, 0.3) is 0 Å². The van der Waals surface area contributed by atoms with Gasteiger partial charge in [0.15, 0.2) is 0 Å². The van der Waals surface area contributed by atoms with Crippen molar-refractivity contribution in [1.29, 1.82) is 0 Å². The lowest BCUT2D eigenvalue weighted by Crippen LogP contribution is -2.05. The van der Waals surface area contributed by atoms with E-state index < -0.39 is 11.3 Å². The van der Waals surface area contributed by atoms with Crippen molar-refractivity contribution >= 4 is 5.69 Å². The van der Waals surface area contributed by atoms with E-state index in [1.807, 2.05) is 0 Å². The predicted molar refractivity (Wildman–Crippen MR) is 33.1 cm³/mol. The molecule has 4 N–H and O–H groups in total. The first kappa shape index (κ1) is 5.68. The summed E-state index contributed by atoms with van der Waals surface area (Å²) >= 11 is 0. The van der Waals surface area contributed by atoms with Crippen LogP contribution in [0.4, 0.5) is 5.69 Å². The Labute approximate surface area is 50.9 Å². The first-order valence-electron chi connectivity index (χ1n) is 2.38. The first-order chi connectivity index (χ1) is 4.22. The Hall–Kier alpha value is -1.45. The van der Waals surface area contributed by atoms with Gasteiger partial charge < -0.3 is 15.8 Å². The summed E-state index contributed by atoms with van der Waals surface area (Å²) < 4.78 is 0. The predicted octanol–water partition coefficient (Wildman–Crippen LogP) is -0.337. The number of aromatic amines is 1. The number of rotatable bonds is 0. The van der Waals surface area contributed by atoms with Gasteiger partial charge in [-0.2, -0.15) is 0 Å². The van der Waals surface area contributed by atoms with Crippen LogP contribution in [0.3, 0.4) is 0 Å². The zero-order valence-electron chi connectivity index (χ0n) is 4.59. The van der Waals surface area contributed by atoms with Crippen LogP contribution in [0.2, 0.25) is 0 Å². The standard InChI is InChI=1S/C5H6N2O2/c6-3-1-2-7-5(9)4(3)8/h1-2,8H,(H3,6,7,9). The van der Waals surface area contributed by atoms with Gasteiger partial charge in [-0.3, -0.25) is 4.79 Å². The minimum absolute atomic E-state index is 0.0961. The lowest BCUT2D eigenvalue weighted by atomic mass is 10.4. The van der Waals surface area contributed by atoms with Crippen molar-refractivity contribution < 1.29 is 5.11 Å². The number of nitrogens with two attached hydrogens (primary N) is 1. The molecule has 0 fully saturated rings. The molecular formula is C5H6N2O2. The molecule has 0 saturated heterocycles. The maximum atomic E-state index is 10.5. The van der Waals surface area contributed by atoms with Gasteiger partial charge in [-0.25, -0.2) is 0 Å². The van der Waals surface area contributed by atoms with Crippen molar-refractivity contribution in [2.24, 2.45) is 0 Å². The van der Waals surface area contributed by atoms with Crippen LogP contribution in [0.15, 0.2) is 17.1 Å². The van der Waals surface area contributed by atoms with E-state index in [9.17, 15) is 4.79 Å². The molecule has 0 atom stereocenters. The van der Waals surface area contributed by atoms with Crippen LogP contribution in [0.1, 0.15) is 0 Å². The molecule has 0 aliphatic carbocycles. The summed E-state index contributed by atoms with van der Waals surface area (Å²) in [6, 6.07) is 1.41. The zero-order valence-corrected chi connectivity index (χ0v) is 4.59. The highest BCUT2D eigenvalue weighted by Gasteiger charge is 1.97. The normalized spacial score (nSPS) is 9.33. The number of H-pyrrole nitrogens is 1. The number of anilines is 1. The second-order valence-electron chi connectivity index (χ2n) is 1.61. The Kier molecular flexibility index (Phi) is 1.14. The number of hydrogen-bond donors (Lipinski definition) is 3. The SMILES string of the molecule is Nc1cc[nH]c(=O)c1O. The molecule has 0 aromatic carbocycles. The van der Waals surface area contributed by atoms with E-state index in [-0.39, 0.29) is 5.69 Å². The number of aromatic hydroxyl groups is 1. The van der Waals surface area contributed by atoms with Gasteiger partial charge in [-0.05, 0) is 6.07 Å². The number of nitrogens with one attached hydrogen (secondary N) is 1. The minimum atomic E-state index is -0.560. The molecular weight excluding hydrogens is 120 g/mol. The van der Waals surface area contributed by atoms with E-state index in [4.69, 9.17) is 10.8 Å². The summed E-state index contributed by atoms with van der Waals surface area (Å²) in [4.78, 5) is 12.7. The Morgan fingerprint density at radius 2 is 2.33 bits per heavy atom. The van der Waals surface area contributed by atoms with E-state index in [0.717, 1.165) is 0 Å². The molecule has 0 spiro atoms. The van der Waals surface area contributed by atoms with E-state index in [1.54, 1.807) is 0 Å². The molecule has 0 unspecified atom stereocenters. The molecule has 0 bridgehead atoms. The van der Waals surface area contributed by atoms with Gasteiger partial charge in [-0.15, -0.1) is 0 Å². The van der Waals surface area contributed by atoms with Crippen molar-refractivity contribution in [1.82, 2.24) is 4.98 Å². The molecule has 9 heavy (non-hydrogen) atoms. The Morgan fingerprint density at radius 1 is 1.67 bits per heavy atom. The number of aromatic nitrogens is 1. The van der Waals surface area contributed by atoms with E-state index in [2.05, 4.69) is 4.98 Å². The Bertz CT molecular complexity index is 266. The van der Waals surface area contributed by atoms with E-state index in [1.165, 1.54) is 12.3 Å². The zero-order chi connectivity index (χ0) is 6.85. The minimum Gasteiger partial charge on any atom is -0.502 e. The fourth-order valence-corrected chi connectivity index (χ4v) is 0.486. The fraction of sp³-hybridized carbons (Fsp3) is 0. The third kappa shape index (κ3) is 0.861. The quantitative estimate of drug-likeness (QED) is 0.445. The van der Waals surface area contributed by atoms with Crippen LogP contribution >= 0.6 is 0 Å². The summed E-state index contributed by atoms with van der Waals surface area (Å²) in [6.07, 6.45) is 1.37. The molecule has 0 amide bonds. The molecule has 0 aliphatic rings. The highest BCUT2D eigenvalue weighted by atomic mass is 16.3. The van der Waals surface area contributed by atoms with E-state index >= 15 is 0 Å². The van der Waals surface area contributed by atoms with Crippen LogP contribution in [-0.4, -0.2) is 10.1 Å². The first-order valence-corrected chi connectivity index (χ1v) is 2.38. The maximum absolute atomic E-state index is 10.5. The van der Waals surface area contributed by atoms with Crippen LogP contribution in [0, 0.1) is 0 Å². The lowest BCUT2D eigenvalue weighted by molar-refractivity contribution is 0.469. The summed E-state index contributed by atoms with van der Waals surface area (Å²) in [5.41, 5.74) is 4.69. The molecule has 48 valence electrons. The van der Waals surface area contributed by atoms with Gasteiger partial charge in [0.05, 0.1) is 5.69 Å². The molecule has 4 heteroatoms. The third-order valence-electron chi connectivity index (χ3n) is 0.966. The second kappa shape index (κ2) is 1.81. The maximum Gasteiger partial charge on any atom is 0.292 e. The summed E-state index contributed by atoms with van der Waals surface area (Å²) in [6.45, 7) is 0. The summed E-state index contributed by atoms with van der Waals surface area (Å²) in [7, 11) is 0. The Balaban J connectivity index is 3.43.